The largest absolute Gasteiger partial charge is 0.466 e. The molecule has 0 spiro atoms. The van der Waals surface area contributed by atoms with Crippen LogP contribution in [0.4, 0.5) is 16.2 Å². The molecule has 0 aliphatic rings. The fourth-order valence-electron chi connectivity index (χ4n) is 2.94. The molecule has 190 valence electrons. The SMILES string of the molecule is C=C(NC(=O)OC(C)(C)C)Nc1cccc(S(=O)(=O)Nc2cccc(C(N)CC(=O)OCC)c2)c1. The second kappa shape index (κ2) is 11.7. The molecule has 0 bridgehead atoms. The predicted molar refractivity (Wildman–Crippen MR) is 134 cm³/mol. The van der Waals surface area contributed by atoms with Crippen LogP contribution in [0.1, 0.15) is 45.7 Å². The Labute approximate surface area is 205 Å². The number of carbonyl (C=O) groups is 2. The zero-order valence-corrected chi connectivity index (χ0v) is 21.1. The minimum Gasteiger partial charge on any atom is -0.466 e. The maximum absolute atomic E-state index is 13.0. The molecule has 11 heteroatoms. The zero-order valence-electron chi connectivity index (χ0n) is 20.3. The second-order valence-corrected chi connectivity index (χ2v) is 10.3. The Bertz CT molecular complexity index is 1170. The van der Waals surface area contributed by atoms with Gasteiger partial charge in [-0.25, -0.2) is 13.2 Å². The summed E-state index contributed by atoms with van der Waals surface area (Å²) in [6.07, 6.45) is -0.722. The van der Waals surface area contributed by atoms with E-state index in [9.17, 15) is 18.0 Å². The van der Waals surface area contributed by atoms with Gasteiger partial charge in [0.15, 0.2) is 0 Å². The lowest BCUT2D eigenvalue weighted by Gasteiger charge is -2.20. The summed E-state index contributed by atoms with van der Waals surface area (Å²) in [6, 6.07) is 11.8. The Morgan fingerprint density at radius 3 is 2.40 bits per heavy atom. The lowest BCUT2D eigenvalue weighted by molar-refractivity contribution is -0.143. The van der Waals surface area contributed by atoms with Gasteiger partial charge in [-0.3, -0.25) is 14.8 Å². The molecule has 1 unspecified atom stereocenters. The van der Waals surface area contributed by atoms with Crippen LogP contribution in [0.5, 0.6) is 0 Å². The van der Waals surface area contributed by atoms with E-state index >= 15 is 0 Å². The minimum atomic E-state index is -3.96. The summed E-state index contributed by atoms with van der Waals surface area (Å²) < 4.78 is 38.5. The van der Waals surface area contributed by atoms with Crippen LogP contribution in [0.2, 0.25) is 0 Å². The van der Waals surface area contributed by atoms with Crippen LogP contribution in [-0.2, 0) is 24.3 Å². The van der Waals surface area contributed by atoms with Crippen molar-refractivity contribution in [3.05, 3.63) is 66.5 Å². The molecule has 1 amide bonds. The summed E-state index contributed by atoms with van der Waals surface area (Å²) in [5, 5.41) is 5.27. The zero-order chi connectivity index (χ0) is 26.2. The van der Waals surface area contributed by atoms with Crippen molar-refractivity contribution in [2.45, 2.75) is 50.7 Å². The van der Waals surface area contributed by atoms with Crippen LogP contribution < -0.4 is 21.1 Å². The van der Waals surface area contributed by atoms with E-state index in [1.54, 1.807) is 64.1 Å². The van der Waals surface area contributed by atoms with E-state index in [0.29, 0.717) is 11.3 Å². The number of anilines is 2. The van der Waals surface area contributed by atoms with E-state index in [0.717, 1.165) is 0 Å². The van der Waals surface area contributed by atoms with Gasteiger partial charge < -0.3 is 20.5 Å². The highest BCUT2D eigenvalue weighted by molar-refractivity contribution is 7.92. The molecule has 0 fully saturated rings. The Hall–Kier alpha value is -3.57. The van der Waals surface area contributed by atoms with Crippen LogP contribution in [0.25, 0.3) is 0 Å². The molecule has 5 N–H and O–H groups in total. The first kappa shape index (κ1) is 27.7. The van der Waals surface area contributed by atoms with Crippen molar-refractivity contribution in [3.8, 4) is 0 Å². The maximum atomic E-state index is 13.0. The minimum absolute atomic E-state index is 0.0196. The molecule has 0 aliphatic heterocycles. The number of carbonyl (C=O) groups excluding carboxylic acids is 2. The van der Waals surface area contributed by atoms with Gasteiger partial charge in [-0.2, -0.15) is 0 Å². The standard InChI is InChI=1S/C24H32N4O6S/c1-6-33-22(29)15-21(25)17-9-7-11-19(13-17)28-35(31,32)20-12-8-10-18(14-20)26-16(2)27-23(30)34-24(3,4)5/h7-14,21,26,28H,2,6,15,25H2,1,3-5H3,(H,27,30). The van der Waals surface area contributed by atoms with Crippen molar-refractivity contribution in [1.82, 2.24) is 5.32 Å². The molecule has 0 saturated heterocycles. The molecule has 0 aromatic heterocycles. The van der Waals surface area contributed by atoms with Gasteiger partial charge >= 0.3 is 12.1 Å². The highest BCUT2D eigenvalue weighted by Gasteiger charge is 2.19. The van der Waals surface area contributed by atoms with Crippen molar-refractivity contribution < 1.29 is 27.5 Å². The van der Waals surface area contributed by atoms with E-state index in [2.05, 4.69) is 21.9 Å². The summed E-state index contributed by atoms with van der Waals surface area (Å²) >= 11 is 0. The van der Waals surface area contributed by atoms with E-state index in [-0.39, 0.29) is 29.4 Å². The average molecular weight is 505 g/mol. The molecule has 2 aromatic carbocycles. The third-order valence-corrected chi connectivity index (χ3v) is 5.73. The normalized spacial score (nSPS) is 12.3. The third kappa shape index (κ3) is 9.30. The molecule has 0 radical (unpaired) electrons. The van der Waals surface area contributed by atoms with Crippen LogP contribution in [0.15, 0.2) is 65.8 Å². The highest BCUT2D eigenvalue weighted by Crippen LogP contribution is 2.23. The summed E-state index contributed by atoms with van der Waals surface area (Å²) in [5.74, 6) is -0.317. The Morgan fingerprint density at radius 2 is 1.74 bits per heavy atom. The molecule has 0 heterocycles. The molecule has 10 nitrogen and oxygen atoms in total. The Kier molecular flexibility index (Phi) is 9.26. The summed E-state index contributed by atoms with van der Waals surface area (Å²) in [4.78, 5) is 23.6. The Morgan fingerprint density at radius 1 is 1.09 bits per heavy atom. The molecule has 0 saturated carbocycles. The number of nitrogens with two attached hydrogens (primary N) is 1. The first-order chi connectivity index (χ1) is 16.3. The molecule has 2 aromatic rings. The first-order valence-corrected chi connectivity index (χ1v) is 12.4. The first-order valence-electron chi connectivity index (χ1n) is 10.9. The molecule has 1 atom stereocenters. The predicted octanol–water partition coefficient (Wildman–Crippen LogP) is 3.85. The number of hydrogen-bond donors (Lipinski definition) is 4. The molecule has 2 rings (SSSR count). The van der Waals surface area contributed by atoms with E-state index in [1.165, 1.54) is 12.1 Å². The monoisotopic (exact) mass is 504 g/mol. The maximum Gasteiger partial charge on any atom is 0.413 e. The van der Waals surface area contributed by atoms with E-state index in [1.807, 2.05) is 0 Å². The number of ether oxygens (including phenoxy) is 2. The lowest BCUT2D eigenvalue weighted by Crippen LogP contribution is -2.33. The van der Waals surface area contributed by atoms with Gasteiger partial charge in [-0.05, 0) is 63.6 Å². The number of esters is 1. The average Bonchev–Trinajstić information content (AvgIpc) is 2.72. The molecular weight excluding hydrogens is 472 g/mol. The van der Waals surface area contributed by atoms with Crippen molar-refractivity contribution >= 4 is 33.5 Å². The van der Waals surface area contributed by atoms with Crippen molar-refractivity contribution in [3.63, 3.8) is 0 Å². The number of rotatable bonds is 10. The van der Waals surface area contributed by atoms with Crippen LogP contribution in [0, 0.1) is 0 Å². The molecular formula is C24H32N4O6S. The van der Waals surface area contributed by atoms with Gasteiger partial charge in [-0.15, -0.1) is 0 Å². The van der Waals surface area contributed by atoms with Crippen molar-refractivity contribution in [2.75, 3.05) is 16.6 Å². The van der Waals surface area contributed by atoms with Gasteiger partial charge in [0, 0.05) is 17.4 Å². The highest BCUT2D eigenvalue weighted by atomic mass is 32.2. The van der Waals surface area contributed by atoms with Crippen LogP contribution >= 0.6 is 0 Å². The summed E-state index contributed by atoms with van der Waals surface area (Å²) in [6.45, 7) is 10.9. The number of alkyl carbamates (subject to hydrolysis) is 1. The van der Waals surface area contributed by atoms with Gasteiger partial charge in [0.05, 0.1) is 17.9 Å². The Balaban J connectivity index is 2.10. The van der Waals surface area contributed by atoms with Gasteiger partial charge in [0.25, 0.3) is 10.0 Å². The third-order valence-electron chi connectivity index (χ3n) is 4.35. The van der Waals surface area contributed by atoms with Crippen molar-refractivity contribution in [2.24, 2.45) is 5.73 Å². The topological polar surface area (TPSA) is 149 Å². The summed E-state index contributed by atoms with van der Waals surface area (Å²) in [7, 11) is -3.96. The van der Waals surface area contributed by atoms with E-state index in [4.69, 9.17) is 15.2 Å². The molecule has 0 aliphatic carbocycles. The number of benzene rings is 2. The van der Waals surface area contributed by atoms with Gasteiger partial charge in [0.1, 0.15) is 11.4 Å². The fraction of sp³-hybridized carbons (Fsp3) is 0.333. The number of sulfonamides is 1. The van der Waals surface area contributed by atoms with Gasteiger partial charge in [-0.1, -0.05) is 24.8 Å². The number of amides is 1. The number of nitrogens with one attached hydrogen (secondary N) is 3. The van der Waals surface area contributed by atoms with Gasteiger partial charge in [0.2, 0.25) is 0 Å². The smallest absolute Gasteiger partial charge is 0.413 e. The van der Waals surface area contributed by atoms with Crippen molar-refractivity contribution in [1.29, 1.82) is 0 Å². The molecule has 35 heavy (non-hydrogen) atoms. The quantitative estimate of drug-likeness (QED) is 0.357. The second-order valence-electron chi connectivity index (χ2n) is 8.60. The van der Waals surface area contributed by atoms with Crippen LogP contribution in [-0.4, -0.2) is 32.7 Å². The summed E-state index contributed by atoms with van der Waals surface area (Å²) in [5.41, 5.74) is 6.65. The number of hydrogen-bond acceptors (Lipinski definition) is 8. The van der Waals surface area contributed by atoms with Crippen LogP contribution in [0.3, 0.4) is 0 Å². The van der Waals surface area contributed by atoms with E-state index < -0.39 is 33.7 Å². The fourth-order valence-corrected chi connectivity index (χ4v) is 4.03. The lowest BCUT2D eigenvalue weighted by atomic mass is 10.0.